The van der Waals surface area contributed by atoms with Crippen molar-refractivity contribution < 1.29 is 14.5 Å². The first-order chi connectivity index (χ1) is 12.5. The second kappa shape index (κ2) is 8.02. The van der Waals surface area contributed by atoms with Crippen LogP contribution in [-0.4, -0.2) is 41.0 Å². The number of rotatable bonds is 4. The number of ether oxygens (including phenoxy) is 1. The van der Waals surface area contributed by atoms with E-state index in [1.807, 2.05) is 4.90 Å². The van der Waals surface area contributed by atoms with Crippen LogP contribution in [0.15, 0.2) is 24.3 Å². The van der Waals surface area contributed by atoms with E-state index in [2.05, 4.69) is 0 Å². The molecule has 7 nitrogen and oxygen atoms in total. The lowest BCUT2D eigenvalue weighted by atomic mass is 9.83. The van der Waals surface area contributed by atoms with Crippen molar-refractivity contribution in [2.45, 2.75) is 44.2 Å². The zero-order valence-electron chi connectivity index (χ0n) is 15.2. The summed E-state index contributed by atoms with van der Waals surface area (Å²) < 4.78 is 5.93. The van der Waals surface area contributed by atoms with Crippen molar-refractivity contribution >= 4 is 24.0 Å². The van der Waals surface area contributed by atoms with Gasteiger partial charge >= 0.3 is 0 Å². The topological polar surface area (TPSA) is 98.7 Å². The summed E-state index contributed by atoms with van der Waals surface area (Å²) in [5.41, 5.74) is 6.37. The summed E-state index contributed by atoms with van der Waals surface area (Å²) in [6, 6.07) is 6.19. The average Bonchev–Trinajstić information content (AvgIpc) is 3.23. The number of benzene rings is 1. The minimum Gasteiger partial charge on any atom is -0.490 e. The summed E-state index contributed by atoms with van der Waals surface area (Å²) >= 11 is 0. The van der Waals surface area contributed by atoms with E-state index >= 15 is 0 Å². The summed E-state index contributed by atoms with van der Waals surface area (Å²) in [7, 11) is 0. The number of likely N-dealkylation sites (tertiary alicyclic amines) is 1. The molecule has 2 aliphatic carbocycles. The molecule has 148 valence electrons. The van der Waals surface area contributed by atoms with Crippen molar-refractivity contribution in [1.29, 1.82) is 0 Å². The number of hydrogen-bond acceptors (Lipinski definition) is 5. The molecule has 3 fully saturated rings. The fourth-order valence-electron chi connectivity index (χ4n) is 4.95. The fourth-order valence-corrected chi connectivity index (χ4v) is 4.95. The summed E-state index contributed by atoms with van der Waals surface area (Å²) in [5, 5.41) is 10.7. The monoisotopic (exact) mass is 395 g/mol. The van der Waals surface area contributed by atoms with E-state index in [4.69, 9.17) is 10.5 Å². The van der Waals surface area contributed by atoms with Gasteiger partial charge < -0.3 is 15.4 Å². The Hall–Kier alpha value is -1.86. The molecule has 0 radical (unpaired) electrons. The number of hydrogen-bond donors (Lipinski definition) is 1. The van der Waals surface area contributed by atoms with Gasteiger partial charge in [0.05, 0.1) is 10.8 Å². The summed E-state index contributed by atoms with van der Waals surface area (Å²) in [4.78, 5) is 25.1. The summed E-state index contributed by atoms with van der Waals surface area (Å²) in [6.07, 6.45) is 5.04. The van der Waals surface area contributed by atoms with Gasteiger partial charge in [0.2, 0.25) is 5.91 Å². The lowest BCUT2D eigenvalue weighted by molar-refractivity contribution is -0.384. The SMILES string of the molecule is Cl.NC1C2CCC(C2)C1C(=O)N1CCC(Oc2ccc([N+](=O)[O-])cc2)CC1. The first kappa shape index (κ1) is 19.9. The third kappa shape index (κ3) is 3.89. The lowest BCUT2D eigenvalue weighted by Crippen LogP contribution is -2.50. The van der Waals surface area contributed by atoms with Gasteiger partial charge in [-0.2, -0.15) is 0 Å². The van der Waals surface area contributed by atoms with Crippen LogP contribution in [0.5, 0.6) is 5.75 Å². The number of carbonyl (C=O) groups excluding carboxylic acids is 1. The van der Waals surface area contributed by atoms with Gasteiger partial charge in [0.25, 0.3) is 5.69 Å². The number of fused-ring (bicyclic) bond motifs is 2. The highest BCUT2D eigenvalue weighted by Gasteiger charge is 2.50. The minimum absolute atomic E-state index is 0. The van der Waals surface area contributed by atoms with E-state index < -0.39 is 4.92 Å². The van der Waals surface area contributed by atoms with Crippen LogP contribution in [0.3, 0.4) is 0 Å². The predicted molar refractivity (Wildman–Crippen MR) is 103 cm³/mol. The van der Waals surface area contributed by atoms with E-state index in [9.17, 15) is 14.9 Å². The molecule has 27 heavy (non-hydrogen) atoms. The highest BCUT2D eigenvalue weighted by molar-refractivity contribution is 5.85. The molecule has 1 amide bonds. The van der Waals surface area contributed by atoms with Crippen LogP contribution in [0.4, 0.5) is 5.69 Å². The molecule has 1 saturated heterocycles. The molecule has 0 spiro atoms. The second-order valence-corrected chi connectivity index (χ2v) is 7.83. The van der Waals surface area contributed by atoms with Crippen LogP contribution in [0.1, 0.15) is 32.1 Å². The van der Waals surface area contributed by atoms with Gasteiger partial charge in [0.1, 0.15) is 11.9 Å². The van der Waals surface area contributed by atoms with Crippen LogP contribution in [-0.2, 0) is 4.79 Å². The van der Waals surface area contributed by atoms with Crippen molar-refractivity contribution in [2.75, 3.05) is 13.1 Å². The number of nitro benzene ring substituents is 1. The Bertz CT molecular complexity index is 689. The number of amides is 1. The largest absolute Gasteiger partial charge is 0.490 e. The van der Waals surface area contributed by atoms with Gasteiger partial charge in [0.15, 0.2) is 0 Å². The average molecular weight is 396 g/mol. The summed E-state index contributed by atoms with van der Waals surface area (Å²) in [6.45, 7) is 1.38. The Morgan fingerprint density at radius 2 is 1.74 bits per heavy atom. The summed E-state index contributed by atoms with van der Waals surface area (Å²) in [5.74, 6) is 1.91. The third-order valence-corrected chi connectivity index (χ3v) is 6.37. The van der Waals surface area contributed by atoms with Gasteiger partial charge in [-0.15, -0.1) is 12.4 Å². The quantitative estimate of drug-likeness (QED) is 0.624. The standard InChI is InChI=1S/C19H25N3O4.ClH/c20-18-13-2-1-12(11-13)17(18)19(23)21-9-7-16(8-10-21)26-15-5-3-14(4-6-15)22(24)25;/h3-6,12-13,16-18H,1-2,7-11,20H2;1H. The van der Waals surface area contributed by atoms with E-state index in [-0.39, 0.29) is 42.1 Å². The Morgan fingerprint density at radius 3 is 2.30 bits per heavy atom. The Kier molecular flexibility index (Phi) is 5.91. The molecule has 4 rings (SSSR count). The third-order valence-electron chi connectivity index (χ3n) is 6.37. The van der Waals surface area contributed by atoms with Gasteiger partial charge in [-0.05, 0) is 43.2 Å². The number of piperidine rings is 1. The molecule has 8 heteroatoms. The van der Waals surface area contributed by atoms with E-state index in [1.54, 1.807) is 12.1 Å². The molecular formula is C19H26ClN3O4. The Labute approximate surface area is 164 Å². The van der Waals surface area contributed by atoms with Crippen LogP contribution >= 0.6 is 12.4 Å². The molecule has 4 unspecified atom stereocenters. The maximum absolute atomic E-state index is 12.9. The van der Waals surface area contributed by atoms with Crippen molar-refractivity contribution in [3.63, 3.8) is 0 Å². The Balaban J connectivity index is 0.00000210. The maximum Gasteiger partial charge on any atom is 0.269 e. The van der Waals surface area contributed by atoms with E-state index in [0.29, 0.717) is 30.7 Å². The molecular weight excluding hydrogens is 370 g/mol. The first-order valence-corrected chi connectivity index (χ1v) is 9.48. The van der Waals surface area contributed by atoms with Crippen LogP contribution < -0.4 is 10.5 Å². The molecule has 1 aromatic carbocycles. The molecule has 0 aromatic heterocycles. The molecule has 1 aliphatic heterocycles. The number of halogens is 1. The van der Waals surface area contributed by atoms with E-state index in [1.165, 1.54) is 18.6 Å². The van der Waals surface area contributed by atoms with E-state index in [0.717, 1.165) is 25.7 Å². The van der Waals surface area contributed by atoms with Gasteiger partial charge in [0, 0.05) is 44.1 Å². The van der Waals surface area contributed by atoms with Crippen LogP contribution in [0, 0.1) is 27.9 Å². The smallest absolute Gasteiger partial charge is 0.269 e. The van der Waals surface area contributed by atoms with Gasteiger partial charge in [-0.25, -0.2) is 0 Å². The van der Waals surface area contributed by atoms with Crippen LogP contribution in [0.2, 0.25) is 0 Å². The molecule has 2 bridgehead atoms. The highest BCUT2D eigenvalue weighted by atomic mass is 35.5. The highest BCUT2D eigenvalue weighted by Crippen LogP contribution is 2.48. The maximum atomic E-state index is 12.9. The lowest BCUT2D eigenvalue weighted by Gasteiger charge is -2.37. The first-order valence-electron chi connectivity index (χ1n) is 9.48. The van der Waals surface area contributed by atoms with Crippen molar-refractivity contribution in [3.05, 3.63) is 34.4 Å². The zero-order valence-corrected chi connectivity index (χ0v) is 16.0. The number of carbonyl (C=O) groups is 1. The number of nitrogens with zero attached hydrogens (tertiary/aromatic N) is 2. The molecule has 2 saturated carbocycles. The molecule has 1 aromatic rings. The normalized spacial score (nSPS) is 30.0. The zero-order chi connectivity index (χ0) is 18.3. The van der Waals surface area contributed by atoms with Gasteiger partial charge in [-0.1, -0.05) is 0 Å². The van der Waals surface area contributed by atoms with Gasteiger partial charge in [-0.3, -0.25) is 14.9 Å². The second-order valence-electron chi connectivity index (χ2n) is 7.83. The number of nitro groups is 1. The number of nitrogens with two attached hydrogens (primary N) is 1. The van der Waals surface area contributed by atoms with Crippen molar-refractivity contribution in [1.82, 2.24) is 4.90 Å². The molecule has 1 heterocycles. The fraction of sp³-hybridized carbons (Fsp3) is 0.632. The molecule has 3 aliphatic rings. The predicted octanol–water partition coefficient (Wildman–Crippen LogP) is 2.76. The minimum atomic E-state index is -0.422. The Morgan fingerprint density at radius 1 is 1.11 bits per heavy atom. The van der Waals surface area contributed by atoms with Crippen molar-refractivity contribution in [2.24, 2.45) is 23.5 Å². The molecule has 2 N–H and O–H groups in total. The van der Waals surface area contributed by atoms with Crippen LogP contribution in [0.25, 0.3) is 0 Å². The van der Waals surface area contributed by atoms with Crippen molar-refractivity contribution in [3.8, 4) is 5.75 Å². The number of non-ortho nitro benzene ring substituents is 1. The molecule has 4 atom stereocenters.